The summed E-state index contributed by atoms with van der Waals surface area (Å²) in [5.41, 5.74) is 2.63. The van der Waals surface area contributed by atoms with Crippen LogP contribution in [0.15, 0.2) is 29.8 Å². The van der Waals surface area contributed by atoms with Crippen LogP contribution >= 0.6 is 11.6 Å². The van der Waals surface area contributed by atoms with Crippen LogP contribution in [0.4, 0.5) is 18.9 Å². The standard InChI is InChI=1S/C26H27ClF3NO5/c1-14(7-11-21(32)31(3)16-8-10-20(27)19(12-16)26(28,29)30)6-9-17-23(34-4)15(2)18-13-36-25(33)22(18)24(17)35-5/h6,8,10,12H,7,9,11,13H2,1-5H3/b14-6+. The van der Waals surface area contributed by atoms with Gasteiger partial charge in [0, 0.05) is 30.3 Å². The lowest BCUT2D eigenvalue weighted by Crippen LogP contribution is -2.26. The summed E-state index contributed by atoms with van der Waals surface area (Å²) in [6.45, 7) is 3.87. The van der Waals surface area contributed by atoms with Gasteiger partial charge in [-0.2, -0.15) is 13.2 Å². The van der Waals surface area contributed by atoms with Crippen molar-refractivity contribution in [1.29, 1.82) is 0 Å². The topological polar surface area (TPSA) is 65.1 Å². The second-order valence-corrected chi connectivity index (χ2v) is 8.88. The molecule has 0 radical (unpaired) electrons. The third-order valence-corrected chi connectivity index (χ3v) is 6.56. The fourth-order valence-corrected chi connectivity index (χ4v) is 4.39. The Hall–Kier alpha value is -3.20. The third kappa shape index (κ3) is 5.46. The van der Waals surface area contributed by atoms with E-state index in [4.69, 9.17) is 25.8 Å². The summed E-state index contributed by atoms with van der Waals surface area (Å²) in [7, 11) is 4.44. The van der Waals surface area contributed by atoms with Gasteiger partial charge in [-0.3, -0.25) is 4.79 Å². The van der Waals surface area contributed by atoms with E-state index in [1.807, 2.05) is 19.9 Å². The number of carbonyl (C=O) groups is 2. The molecule has 0 fully saturated rings. The zero-order chi connectivity index (χ0) is 26.8. The number of esters is 1. The molecule has 0 N–H and O–H groups in total. The van der Waals surface area contributed by atoms with Gasteiger partial charge in [0.05, 0.1) is 24.8 Å². The summed E-state index contributed by atoms with van der Waals surface area (Å²) in [6, 6.07) is 3.37. The minimum absolute atomic E-state index is 0.0899. The van der Waals surface area contributed by atoms with Gasteiger partial charge in [0.15, 0.2) is 0 Å². The SMILES string of the molecule is COc1c(C)c2c(c(OC)c1C/C=C(\C)CCC(=O)N(C)c1ccc(Cl)c(C(F)(F)F)c1)C(=O)OC2. The Balaban J connectivity index is 1.74. The van der Waals surface area contributed by atoms with Crippen LogP contribution in [0.2, 0.25) is 5.02 Å². The Labute approximate surface area is 212 Å². The normalized spacial score (nSPS) is 13.4. The molecular formula is C26H27ClF3NO5. The average Bonchev–Trinajstić information content (AvgIpc) is 3.22. The molecule has 0 atom stereocenters. The lowest BCUT2D eigenvalue weighted by molar-refractivity contribution is -0.137. The summed E-state index contributed by atoms with van der Waals surface area (Å²) in [6.07, 6.45) is -1.85. The first-order chi connectivity index (χ1) is 16.9. The second-order valence-electron chi connectivity index (χ2n) is 8.47. The summed E-state index contributed by atoms with van der Waals surface area (Å²) in [4.78, 5) is 26.1. The van der Waals surface area contributed by atoms with Gasteiger partial charge < -0.3 is 19.1 Å². The van der Waals surface area contributed by atoms with Gasteiger partial charge in [-0.25, -0.2) is 4.79 Å². The molecule has 0 unspecified atom stereocenters. The minimum atomic E-state index is -4.62. The molecule has 36 heavy (non-hydrogen) atoms. The molecule has 6 nitrogen and oxygen atoms in total. The van der Waals surface area contributed by atoms with Gasteiger partial charge in [0.25, 0.3) is 0 Å². The van der Waals surface area contributed by atoms with Crippen molar-refractivity contribution in [3.05, 3.63) is 62.7 Å². The molecule has 1 heterocycles. The van der Waals surface area contributed by atoms with Crippen LogP contribution in [0.25, 0.3) is 0 Å². The van der Waals surface area contributed by atoms with Crippen molar-refractivity contribution in [3.63, 3.8) is 0 Å². The minimum Gasteiger partial charge on any atom is -0.496 e. The smallest absolute Gasteiger partial charge is 0.417 e. The van der Waals surface area contributed by atoms with Gasteiger partial charge in [0.1, 0.15) is 23.7 Å². The number of allylic oxidation sites excluding steroid dienone is 2. The van der Waals surface area contributed by atoms with Crippen molar-refractivity contribution < 1.29 is 37.0 Å². The fourth-order valence-electron chi connectivity index (χ4n) is 4.17. The van der Waals surface area contributed by atoms with Gasteiger partial charge in [-0.1, -0.05) is 23.3 Å². The molecule has 0 bridgehead atoms. The number of hydrogen-bond acceptors (Lipinski definition) is 5. The van der Waals surface area contributed by atoms with Crippen molar-refractivity contribution in [2.24, 2.45) is 0 Å². The molecule has 1 aliphatic heterocycles. The quantitative estimate of drug-likeness (QED) is 0.299. The predicted octanol–water partition coefficient (Wildman–Crippen LogP) is 6.29. The molecule has 194 valence electrons. The number of amides is 1. The predicted molar refractivity (Wildman–Crippen MR) is 130 cm³/mol. The Bertz CT molecular complexity index is 1220. The number of alkyl halides is 3. The first-order valence-corrected chi connectivity index (χ1v) is 11.5. The lowest BCUT2D eigenvalue weighted by Gasteiger charge is -2.20. The number of ether oxygens (including phenoxy) is 3. The number of hydrogen-bond donors (Lipinski definition) is 0. The van der Waals surface area contributed by atoms with E-state index in [1.54, 1.807) is 7.11 Å². The van der Waals surface area contributed by atoms with Crippen LogP contribution in [0.3, 0.4) is 0 Å². The number of fused-ring (bicyclic) bond motifs is 1. The monoisotopic (exact) mass is 525 g/mol. The van der Waals surface area contributed by atoms with Crippen LogP contribution in [0, 0.1) is 6.92 Å². The second kappa shape index (κ2) is 10.8. The maximum absolute atomic E-state index is 13.2. The fraction of sp³-hybridized carbons (Fsp3) is 0.385. The Morgan fingerprint density at radius 3 is 2.47 bits per heavy atom. The maximum atomic E-state index is 13.2. The molecule has 1 amide bonds. The lowest BCUT2D eigenvalue weighted by atomic mass is 9.94. The van der Waals surface area contributed by atoms with E-state index in [0.717, 1.165) is 28.8 Å². The maximum Gasteiger partial charge on any atom is 0.417 e. The van der Waals surface area contributed by atoms with E-state index < -0.39 is 22.7 Å². The Morgan fingerprint density at radius 2 is 1.86 bits per heavy atom. The molecule has 2 aromatic carbocycles. The van der Waals surface area contributed by atoms with Gasteiger partial charge in [0.2, 0.25) is 5.91 Å². The molecule has 0 saturated carbocycles. The van der Waals surface area contributed by atoms with Crippen LogP contribution in [0.1, 0.15) is 52.4 Å². The Morgan fingerprint density at radius 1 is 1.19 bits per heavy atom. The number of cyclic esters (lactones) is 1. The van der Waals surface area contributed by atoms with Crippen molar-refractivity contribution in [2.75, 3.05) is 26.2 Å². The first-order valence-electron chi connectivity index (χ1n) is 11.1. The number of benzene rings is 2. The number of nitrogens with zero attached hydrogens (tertiary/aromatic N) is 1. The summed E-state index contributed by atoms with van der Waals surface area (Å²) in [5, 5.41) is -0.424. The van der Waals surface area contributed by atoms with Gasteiger partial charge in [-0.15, -0.1) is 0 Å². The van der Waals surface area contributed by atoms with E-state index in [0.29, 0.717) is 35.5 Å². The molecular weight excluding hydrogens is 499 g/mol. The molecule has 0 aromatic heterocycles. The van der Waals surface area contributed by atoms with Crippen LogP contribution < -0.4 is 14.4 Å². The first kappa shape index (κ1) is 27.4. The average molecular weight is 526 g/mol. The van der Waals surface area contributed by atoms with Gasteiger partial charge in [-0.05, 0) is 50.5 Å². The molecule has 0 saturated heterocycles. The highest BCUT2D eigenvalue weighted by Crippen LogP contribution is 2.42. The summed E-state index contributed by atoms with van der Waals surface area (Å²) < 4.78 is 55.8. The largest absolute Gasteiger partial charge is 0.496 e. The van der Waals surface area contributed by atoms with Gasteiger partial charge >= 0.3 is 12.1 Å². The summed E-state index contributed by atoms with van der Waals surface area (Å²) >= 11 is 5.67. The number of anilines is 1. The zero-order valence-electron chi connectivity index (χ0n) is 20.6. The highest BCUT2D eigenvalue weighted by Gasteiger charge is 2.34. The molecule has 0 spiro atoms. The zero-order valence-corrected chi connectivity index (χ0v) is 21.4. The number of rotatable bonds is 8. The number of methoxy groups -OCH3 is 2. The number of halogens is 4. The van der Waals surface area contributed by atoms with Crippen molar-refractivity contribution in [1.82, 2.24) is 0 Å². The summed E-state index contributed by atoms with van der Waals surface area (Å²) in [5.74, 6) is 0.216. The molecule has 0 aliphatic carbocycles. The molecule has 1 aliphatic rings. The molecule has 10 heteroatoms. The van der Waals surface area contributed by atoms with Crippen LogP contribution in [-0.2, 0) is 28.7 Å². The van der Waals surface area contributed by atoms with Crippen LogP contribution in [-0.4, -0.2) is 33.1 Å². The van der Waals surface area contributed by atoms with E-state index in [-0.39, 0.29) is 24.6 Å². The molecule has 2 aromatic rings. The van der Waals surface area contributed by atoms with E-state index >= 15 is 0 Å². The highest BCUT2D eigenvalue weighted by atomic mass is 35.5. The van der Waals surface area contributed by atoms with E-state index in [2.05, 4.69) is 0 Å². The van der Waals surface area contributed by atoms with Crippen molar-refractivity contribution >= 4 is 29.2 Å². The van der Waals surface area contributed by atoms with E-state index in [9.17, 15) is 22.8 Å². The van der Waals surface area contributed by atoms with Crippen molar-refractivity contribution in [2.45, 2.75) is 45.9 Å². The molecule has 3 rings (SSSR count). The van der Waals surface area contributed by atoms with Crippen molar-refractivity contribution in [3.8, 4) is 11.5 Å². The highest BCUT2D eigenvalue weighted by molar-refractivity contribution is 6.31. The Kier molecular flexibility index (Phi) is 8.23. The van der Waals surface area contributed by atoms with E-state index in [1.165, 1.54) is 25.1 Å². The number of carbonyl (C=O) groups excluding carboxylic acids is 2. The van der Waals surface area contributed by atoms with Crippen LogP contribution in [0.5, 0.6) is 11.5 Å². The third-order valence-electron chi connectivity index (χ3n) is 6.23.